The van der Waals surface area contributed by atoms with E-state index in [1.165, 1.54) is 0 Å². The van der Waals surface area contributed by atoms with Gasteiger partial charge in [-0.05, 0) is 35.9 Å². The first-order valence-electron chi connectivity index (χ1n) is 9.32. The predicted molar refractivity (Wildman–Crippen MR) is 110 cm³/mol. The van der Waals surface area contributed by atoms with Crippen LogP contribution in [-0.4, -0.2) is 19.2 Å². The highest BCUT2D eigenvalue weighted by atomic mass is 16.7. The number of nitrogens with zero attached hydrogens (tertiary/aromatic N) is 2. The summed E-state index contributed by atoms with van der Waals surface area (Å²) in [7, 11) is 3.32. The molecule has 0 aliphatic carbocycles. The van der Waals surface area contributed by atoms with E-state index in [1.807, 2.05) is 83.9 Å². The lowest BCUT2D eigenvalue weighted by Crippen LogP contribution is -2.54. The van der Waals surface area contributed by atoms with Crippen LogP contribution in [0.25, 0.3) is 0 Å². The molecule has 2 atom stereocenters. The van der Waals surface area contributed by atoms with E-state index in [2.05, 4.69) is 0 Å². The second-order valence-electron chi connectivity index (χ2n) is 7.10. The summed E-state index contributed by atoms with van der Waals surface area (Å²) < 4.78 is 4.71. The van der Waals surface area contributed by atoms with Crippen LogP contribution in [-0.2, 0) is 18.0 Å². The van der Waals surface area contributed by atoms with Crippen LogP contribution < -0.4 is 9.38 Å². The van der Waals surface area contributed by atoms with Gasteiger partial charge in [-0.1, -0.05) is 48.5 Å². The molecule has 0 spiro atoms. The molecule has 0 bridgehead atoms. The van der Waals surface area contributed by atoms with Gasteiger partial charge in [0.05, 0.1) is 27.3 Å². The van der Waals surface area contributed by atoms with Crippen molar-refractivity contribution < 1.29 is 9.57 Å². The van der Waals surface area contributed by atoms with Crippen LogP contribution in [0.3, 0.4) is 0 Å². The molecule has 0 saturated carbocycles. The fourth-order valence-corrected chi connectivity index (χ4v) is 3.78. The maximum absolute atomic E-state index is 13.8. The SMILES string of the molecule is COc1ccc(C2N(OCc3ccccc3)Cc3ccccc3[N+]2(C)[O-])cc1. The molecule has 2 unspecified atom stereocenters. The van der Waals surface area contributed by atoms with E-state index in [0.717, 1.165) is 28.1 Å². The zero-order valence-electron chi connectivity index (χ0n) is 16.1. The van der Waals surface area contributed by atoms with Gasteiger partial charge in [0.1, 0.15) is 11.4 Å². The normalized spacial score (nSPS) is 21.9. The Morgan fingerprint density at radius 3 is 2.36 bits per heavy atom. The number of quaternary nitrogens is 1. The van der Waals surface area contributed by atoms with Gasteiger partial charge in [-0.15, -0.1) is 5.06 Å². The first-order chi connectivity index (χ1) is 13.6. The van der Waals surface area contributed by atoms with Crippen molar-refractivity contribution in [2.45, 2.75) is 19.3 Å². The third kappa shape index (κ3) is 3.53. The minimum absolute atomic E-state index is 0.412. The Balaban J connectivity index is 1.70. The molecule has 0 fully saturated rings. The molecule has 1 heterocycles. The molecular formula is C23H24N2O3. The number of hydrogen-bond acceptors (Lipinski definition) is 4. The largest absolute Gasteiger partial charge is 0.626 e. The molecule has 0 radical (unpaired) electrons. The van der Waals surface area contributed by atoms with Crippen LogP contribution >= 0.6 is 0 Å². The first-order valence-corrected chi connectivity index (χ1v) is 9.32. The van der Waals surface area contributed by atoms with Crippen molar-refractivity contribution in [3.8, 4) is 5.75 Å². The first kappa shape index (κ1) is 18.7. The van der Waals surface area contributed by atoms with Crippen molar-refractivity contribution in [3.63, 3.8) is 0 Å². The van der Waals surface area contributed by atoms with Crippen molar-refractivity contribution in [1.82, 2.24) is 9.71 Å². The van der Waals surface area contributed by atoms with Gasteiger partial charge in [-0.25, -0.2) is 0 Å². The zero-order chi connectivity index (χ0) is 19.6. The smallest absolute Gasteiger partial charge is 0.198 e. The van der Waals surface area contributed by atoms with Gasteiger partial charge in [-0.2, -0.15) is 0 Å². The van der Waals surface area contributed by atoms with E-state index in [-0.39, 0.29) is 0 Å². The Morgan fingerprint density at radius 2 is 1.64 bits per heavy atom. The highest BCUT2D eigenvalue weighted by Gasteiger charge is 2.41. The highest BCUT2D eigenvalue weighted by molar-refractivity contribution is 5.54. The lowest BCUT2D eigenvalue weighted by atomic mass is 10.0. The van der Waals surface area contributed by atoms with Crippen LogP contribution in [0, 0.1) is 5.21 Å². The summed E-state index contributed by atoms with van der Waals surface area (Å²) in [6.45, 7) is 0.964. The van der Waals surface area contributed by atoms with Crippen molar-refractivity contribution in [1.29, 1.82) is 0 Å². The van der Waals surface area contributed by atoms with Gasteiger partial charge >= 0.3 is 0 Å². The molecule has 144 valence electrons. The molecule has 0 amide bonds. The summed E-state index contributed by atoms with van der Waals surface area (Å²) in [6, 6.07) is 25.4. The Labute approximate surface area is 165 Å². The molecule has 0 N–H and O–H groups in total. The van der Waals surface area contributed by atoms with Crippen LogP contribution in [0.4, 0.5) is 5.69 Å². The van der Waals surface area contributed by atoms with E-state index in [0.29, 0.717) is 13.2 Å². The summed E-state index contributed by atoms with van der Waals surface area (Å²) >= 11 is 0. The second-order valence-corrected chi connectivity index (χ2v) is 7.10. The third-order valence-corrected chi connectivity index (χ3v) is 5.19. The lowest BCUT2D eigenvalue weighted by Gasteiger charge is -2.52. The van der Waals surface area contributed by atoms with Crippen LogP contribution in [0.1, 0.15) is 22.9 Å². The number of benzene rings is 3. The van der Waals surface area contributed by atoms with E-state index in [1.54, 1.807) is 14.2 Å². The van der Waals surface area contributed by atoms with Gasteiger partial charge in [0.15, 0.2) is 6.17 Å². The lowest BCUT2D eigenvalue weighted by molar-refractivity contribution is -0.233. The molecular weight excluding hydrogens is 352 g/mol. The number of methoxy groups -OCH3 is 1. The number of fused-ring (bicyclic) bond motifs is 1. The quantitative estimate of drug-likeness (QED) is 0.475. The number of para-hydroxylation sites is 1. The second kappa shape index (κ2) is 7.73. The van der Waals surface area contributed by atoms with Gasteiger partial charge in [0, 0.05) is 11.1 Å². The fraction of sp³-hybridized carbons (Fsp3) is 0.217. The summed E-state index contributed by atoms with van der Waals surface area (Å²) in [5, 5.41) is 15.6. The summed E-state index contributed by atoms with van der Waals surface area (Å²) in [5.41, 5.74) is 3.71. The van der Waals surface area contributed by atoms with Crippen LogP contribution in [0.5, 0.6) is 5.75 Å². The summed E-state index contributed by atoms with van der Waals surface area (Å²) in [5.74, 6) is 0.761. The molecule has 3 aromatic rings. The van der Waals surface area contributed by atoms with E-state index >= 15 is 0 Å². The average molecular weight is 376 g/mol. The Bertz CT molecular complexity index is 926. The van der Waals surface area contributed by atoms with E-state index < -0.39 is 10.8 Å². The average Bonchev–Trinajstić information content (AvgIpc) is 2.73. The monoisotopic (exact) mass is 376 g/mol. The molecule has 0 aromatic heterocycles. The molecule has 3 aromatic carbocycles. The summed E-state index contributed by atoms with van der Waals surface area (Å²) in [4.78, 5) is 6.17. The molecule has 1 aliphatic rings. The standard InChI is InChI=1S/C23H24N2O3/c1-25(26)22-11-7-6-10-20(22)16-24(28-17-18-8-4-3-5-9-18)23(25)19-12-14-21(27-2)15-13-19/h3-15,23H,16-17H2,1-2H3. The molecule has 28 heavy (non-hydrogen) atoms. The molecule has 1 aliphatic heterocycles. The number of ether oxygens (including phenoxy) is 1. The number of hydroxylamine groups is 4. The van der Waals surface area contributed by atoms with E-state index in [4.69, 9.17) is 9.57 Å². The number of rotatable bonds is 5. The topological polar surface area (TPSA) is 44.8 Å². The molecule has 4 rings (SSSR count). The Kier molecular flexibility index (Phi) is 5.15. The van der Waals surface area contributed by atoms with Crippen molar-refractivity contribution >= 4 is 5.69 Å². The number of hydrogen-bond donors (Lipinski definition) is 0. The minimum Gasteiger partial charge on any atom is -0.626 e. The van der Waals surface area contributed by atoms with Gasteiger partial charge in [0.25, 0.3) is 0 Å². The predicted octanol–water partition coefficient (Wildman–Crippen LogP) is 4.78. The van der Waals surface area contributed by atoms with E-state index in [9.17, 15) is 5.21 Å². The minimum atomic E-state index is -0.558. The van der Waals surface area contributed by atoms with Crippen molar-refractivity contribution in [2.75, 3.05) is 14.2 Å². The van der Waals surface area contributed by atoms with Gasteiger partial charge in [-0.3, -0.25) is 4.84 Å². The maximum Gasteiger partial charge on any atom is 0.198 e. The Hall–Kier alpha value is -2.70. The highest BCUT2D eigenvalue weighted by Crippen LogP contribution is 2.43. The zero-order valence-corrected chi connectivity index (χ0v) is 16.1. The molecule has 0 saturated heterocycles. The fourth-order valence-electron chi connectivity index (χ4n) is 3.78. The third-order valence-electron chi connectivity index (χ3n) is 5.19. The summed E-state index contributed by atoms with van der Waals surface area (Å²) in [6.07, 6.45) is -0.510. The van der Waals surface area contributed by atoms with Crippen LogP contribution in [0.2, 0.25) is 0 Å². The van der Waals surface area contributed by atoms with Gasteiger partial charge < -0.3 is 14.6 Å². The Morgan fingerprint density at radius 1 is 0.964 bits per heavy atom. The maximum atomic E-state index is 13.8. The van der Waals surface area contributed by atoms with Crippen LogP contribution in [0.15, 0.2) is 78.9 Å². The molecule has 5 nitrogen and oxygen atoms in total. The van der Waals surface area contributed by atoms with Gasteiger partial charge in [0.2, 0.25) is 0 Å². The molecule has 5 heteroatoms. The van der Waals surface area contributed by atoms with Crippen molar-refractivity contribution in [3.05, 3.63) is 101 Å². The van der Waals surface area contributed by atoms with Crippen molar-refractivity contribution in [2.24, 2.45) is 0 Å².